The van der Waals surface area contributed by atoms with Crippen LogP contribution in [0.5, 0.6) is 0 Å². The third kappa shape index (κ3) is 11.7. The van der Waals surface area contributed by atoms with Crippen molar-refractivity contribution < 1.29 is 19.1 Å². The smallest absolute Gasteiger partial charge is 0.410 e. The molecule has 1 aromatic carbocycles. The molecule has 3 aromatic rings. The standard InChI is InChI=1S/C38H59N9O4/c1-37(2,3)50-35(48)45(24-16-26-47(30-17-9-7-10-18-30)36(49)51-38(4,5)6)23-15-25-46-28-29(42-43-46)27-39-34-40-32-20-12-11-19-31(32)33(41-34)44-21-13-8-14-22-44/h11-12,19-20,28,30H,7-10,13-18,21-27H2,1-6H3,(H,39,40,41). The molecule has 13 nitrogen and oxygen atoms in total. The van der Waals surface area contributed by atoms with E-state index in [1.54, 1.807) is 9.58 Å². The Morgan fingerprint density at radius 2 is 1.51 bits per heavy atom. The van der Waals surface area contributed by atoms with Crippen LogP contribution in [0.15, 0.2) is 30.5 Å². The molecule has 51 heavy (non-hydrogen) atoms. The van der Waals surface area contributed by atoms with E-state index >= 15 is 0 Å². The molecule has 2 aromatic heterocycles. The molecule has 5 rings (SSSR count). The monoisotopic (exact) mass is 705 g/mol. The molecule has 2 fully saturated rings. The number of hydrogen-bond acceptors (Lipinski definition) is 10. The Morgan fingerprint density at radius 1 is 0.843 bits per heavy atom. The molecule has 0 unspecified atom stereocenters. The Bertz CT molecular complexity index is 1570. The highest BCUT2D eigenvalue weighted by atomic mass is 16.6. The Morgan fingerprint density at radius 3 is 2.24 bits per heavy atom. The van der Waals surface area contributed by atoms with Crippen molar-refractivity contribution in [1.82, 2.24) is 34.8 Å². The Kier molecular flexibility index (Phi) is 13.0. The van der Waals surface area contributed by atoms with Gasteiger partial charge in [0.1, 0.15) is 22.7 Å². The van der Waals surface area contributed by atoms with Gasteiger partial charge in [0.25, 0.3) is 0 Å². The van der Waals surface area contributed by atoms with E-state index in [2.05, 4.69) is 26.6 Å². The predicted octanol–water partition coefficient (Wildman–Crippen LogP) is 7.41. The molecule has 280 valence electrons. The average Bonchev–Trinajstić information content (AvgIpc) is 3.54. The first-order valence-electron chi connectivity index (χ1n) is 19.0. The number of piperidine rings is 1. The summed E-state index contributed by atoms with van der Waals surface area (Å²) in [5.41, 5.74) is 0.516. The van der Waals surface area contributed by atoms with Crippen LogP contribution in [0, 0.1) is 0 Å². The van der Waals surface area contributed by atoms with Gasteiger partial charge in [-0.05, 0) is 98.6 Å². The minimum atomic E-state index is -0.614. The van der Waals surface area contributed by atoms with E-state index in [4.69, 9.17) is 19.4 Å². The topological polar surface area (TPSA) is 131 Å². The van der Waals surface area contributed by atoms with Crippen LogP contribution in [0.3, 0.4) is 0 Å². The summed E-state index contributed by atoms with van der Waals surface area (Å²) in [7, 11) is 0. The number of nitrogens with one attached hydrogen (secondary N) is 1. The lowest BCUT2D eigenvalue weighted by atomic mass is 9.94. The summed E-state index contributed by atoms with van der Waals surface area (Å²) in [6, 6.07) is 8.33. The molecule has 0 spiro atoms. The second-order valence-electron chi connectivity index (χ2n) is 15.9. The molecular weight excluding hydrogens is 646 g/mol. The highest BCUT2D eigenvalue weighted by Gasteiger charge is 2.30. The first kappa shape index (κ1) is 38.1. The van der Waals surface area contributed by atoms with Gasteiger partial charge in [-0.25, -0.2) is 14.6 Å². The number of fused-ring (bicyclic) bond motifs is 1. The maximum absolute atomic E-state index is 13.3. The van der Waals surface area contributed by atoms with Crippen LogP contribution in [-0.4, -0.2) is 96.9 Å². The second kappa shape index (κ2) is 17.4. The van der Waals surface area contributed by atoms with Gasteiger partial charge >= 0.3 is 12.2 Å². The minimum absolute atomic E-state index is 0.170. The number of benzene rings is 1. The van der Waals surface area contributed by atoms with E-state index in [-0.39, 0.29) is 18.2 Å². The molecule has 2 aliphatic rings. The number of aromatic nitrogens is 5. The van der Waals surface area contributed by atoms with E-state index in [0.29, 0.717) is 51.5 Å². The molecule has 1 N–H and O–H groups in total. The lowest BCUT2D eigenvalue weighted by molar-refractivity contribution is 0.00994. The summed E-state index contributed by atoms with van der Waals surface area (Å²) in [5, 5.41) is 13.1. The van der Waals surface area contributed by atoms with Gasteiger partial charge < -0.3 is 29.5 Å². The number of rotatable bonds is 13. The van der Waals surface area contributed by atoms with E-state index in [1.165, 1.54) is 25.7 Å². The van der Waals surface area contributed by atoms with Crippen molar-refractivity contribution >= 4 is 34.9 Å². The van der Waals surface area contributed by atoms with E-state index < -0.39 is 11.2 Å². The summed E-state index contributed by atoms with van der Waals surface area (Å²) >= 11 is 0. The number of nitrogens with zero attached hydrogens (tertiary/aromatic N) is 8. The van der Waals surface area contributed by atoms with Gasteiger partial charge in [0.2, 0.25) is 5.95 Å². The molecule has 1 aliphatic heterocycles. The van der Waals surface area contributed by atoms with Crippen LogP contribution in [-0.2, 0) is 22.6 Å². The van der Waals surface area contributed by atoms with Gasteiger partial charge in [-0.1, -0.05) is 36.6 Å². The molecule has 0 radical (unpaired) electrons. The fraction of sp³-hybridized carbons (Fsp3) is 0.684. The van der Waals surface area contributed by atoms with Crippen molar-refractivity contribution in [3.8, 4) is 0 Å². The van der Waals surface area contributed by atoms with Crippen molar-refractivity contribution in [3.63, 3.8) is 0 Å². The molecule has 0 atom stereocenters. The lowest BCUT2D eigenvalue weighted by Crippen LogP contribution is -2.46. The third-order valence-corrected chi connectivity index (χ3v) is 9.19. The molecule has 1 saturated heterocycles. The molecule has 2 amide bonds. The number of carbonyl (C=O) groups is 2. The molecule has 3 heterocycles. The Balaban J connectivity index is 1.16. The van der Waals surface area contributed by atoms with Crippen LogP contribution >= 0.6 is 0 Å². The van der Waals surface area contributed by atoms with E-state index in [9.17, 15) is 9.59 Å². The van der Waals surface area contributed by atoms with Gasteiger partial charge in [-0.15, -0.1) is 5.10 Å². The van der Waals surface area contributed by atoms with Crippen molar-refractivity contribution in [1.29, 1.82) is 0 Å². The highest BCUT2D eigenvalue weighted by molar-refractivity contribution is 5.90. The quantitative estimate of drug-likeness (QED) is 0.192. The fourth-order valence-corrected chi connectivity index (χ4v) is 6.80. The molecule has 1 saturated carbocycles. The SMILES string of the molecule is CC(C)(C)OC(=O)N(CCCN(C(=O)OC(C)(C)C)C1CCCCC1)CCCn1cc(CNc2nc(N3CCCCC3)c3ccccc3n2)nn1. The van der Waals surface area contributed by atoms with Gasteiger partial charge in [-0.2, -0.15) is 4.98 Å². The Labute approximate surface area is 303 Å². The number of amides is 2. The van der Waals surface area contributed by atoms with Crippen molar-refractivity contribution in [2.24, 2.45) is 0 Å². The summed E-state index contributed by atoms with van der Waals surface area (Å²) in [5.74, 6) is 1.55. The van der Waals surface area contributed by atoms with Crippen molar-refractivity contribution in [2.45, 2.75) is 136 Å². The zero-order chi connectivity index (χ0) is 36.4. The fourth-order valence-electron chi connectivity index (χ4n) is 6.80. The number of ether oxygens (including phenoxy) is 2. The van der Waals surface area contributed by atoms with Crippen LogP contribution in [0.25, 0.3) is 10.9 Å². The zero-order valence-corrected chi connectivity index (χ0v) is 31.7. The first-order chi connectivity index (χ1) is 24.3. The third-order valence-electron chi connectivity index (χ3n) is 9.19. The molecular formula is C38H59N9O4. The van der Waals surface area contributed by atoms with E-state index in [0.717, 1.165) is 61.2 Å². The molecule has 0 bridgehead atoms. The summed E-state index contributed by atoms with van der Waals surface area (Å²) in [4.78, 5) is 42.2. The molecule has 1 aliphatic carbocycles. The number of anilines is 2. The van der Waals surface area contributed by atoms with Crippen LogP contribution in [0.2, 0.25) is 0 Å². The van der Waals surface area contributed by atoms with Gasteiger partial charge in [-0.3, -0.25) is 4.68 Å². The average molecular weight is 706 g/mol. The maximum atomic E-state index is 13.3. The minimum Gasteiger partial charge on any atom is -0.444 e. The van der Waals surface area contributed by atoms with Crippen LogP contribution in [0.1, 0.15) is 111 Å². The van der Waals surface area contributed by atoms with Gasteiger partial charge in [0.05, 0.1) is 18.3 Å². The number of aryl methyl sites for hydroxylation is 1. The number of hydrogen-bond donors (Lipinski definition) is 1. The van der Waals surface area contributed by atoms with E-state index in [1.807, 2.05) is 70.8 Å². The van der Waals surface area contributed by atoms with Gasteiger partial charge in [0.15, 0.2) is 0 Å². The normalized spacial score (nSPS) is 15.8. The summed E-state index contributed by atoms with van der Waals surface area (Å²) in [6.07, 6.45) is 11.6. The molecule has 13 heteroatoms. The maximum Gasteiger partial charge on any atom is 0.410 e. The largest absolute Gasteiger partial charge is 0.444 e. The van der Waals surface area contributed by atoms with Crippen LogP contribution < -0.4 is 10.2 Å². The Hall–Kier alpha value is -4.16. The predicted molar refractivity (Wildman–Crippen MR) is 200 cm³/mol. The lowest BCUT2D eigenvalue weighted by Gasteiger charge is -2.36. The summed E-state index contributed by atoms with van der Waals surface area (Å²) in [6.45, 7) is 15.8. The zero-order valence-electron chi connectivity index (χ0n) is 31.7. The second-order valence-corrected chi connectivity index (χ2v) is 15.9. The van der Waals surface area contributed by atoms with Crippen LogP contribution in [0.4, 0.5) is 21.4 Å². The first-order valence-corrected chi connectivity index (χ1v) is 19.0. The van der Waals surface area contributed by atoms with Crippen molar-refractivity contribution in [3.05, 3.63) is 36.2 Å². The van der Waals surface area contributed by atoms with Gasteiger partial charge in [0, 0.05) is 50.7 Å². The van der Waals surface area contributed by atoms with Crippen molar-refractivity contribution in [2.75, 3.05) is 42.9 Å². The number of para-hydroxylation sites is 1. The number of carbonyl (C=O) groups excluding carboxylic acids is 2. The summed E-state index contributed by atoms with van der Waals surface area (Å²) < 4.78 is 13.4. The highest BCUT2D eigenvalue weighted by Crippen LogP contribution is 2.28.